The fourth-order valence-corrected chi connectivity index (χ4v) is 2.79. The van der Waals surface area contributed by atoms with Gasteiger partial charge < -0.3 is 5.11 Å². The van der Waals surface area contributed by atoms with Gasteiger partial charge in [0.1, 0.15) is 0 Å². The molecule has 3 unspecified atom stereocenters. The van der Waals surface area contributed by atoms with Crippen LogP contribution in [0.5, 0.6) is 0 Å². The second-order valence-corrected chi connectivity index (χ2v) is 5.09. The van der Waals surface area contributed by atoms with Gasteiger partial charge >= 0.3 is 0 Å². The van der Waals surface area contributed by atoms with Gasteiger partial charge in [0.05, 0.1) is 12.0 Å². The van der Waals surface area contributed by atoms with E-state index in [1.807, 2.05) is 30.3 Å². The summed E-state index contributed by atoms with van der Waals surface area (Å²) in [5, 5.41) is 10.1. The Bertz CT molecular complexity index is 360. The average Bonchev–Trinajstić information content (AvgIpc) is 2.51. The molecule has 0 saturated heterocycles. The SMILES string of the molecule is CC1CCCCC(O)C1C(=O)c1ccccc1. The minimum Gasteiger partial charge on any atom is -0.392 e. The Morgan fingerprint density at radius 2 is 1.82 bits per heavy atom. The minimum atomic E-state index is -0.472. The first-order valence-corrected chi connectivity index (χ1v) is 6.47. The van der Waals surface area contributed by atoms with Gasteiger partial charge in [0.25, 0.3) is 0 Å². The van der Waals surface area contributed by atoms with Crippen LogP contribution in [0, 0.1) is 11.8 Å². The molecule has 1 saturated carbocycles. The van der Waals surface area contributed by atoms with Crippen LogP contribution in [-0.4, -0.2) is 17.0 Å². The molecule has 17 heavy (non-hydrogen) atoms. The van der Waals surface area contributed by atoms with Crippen LogP contribution in [0.2, 0.25) is 0 Å². The highest BCUT2D eigenvalue weighted by molar-refractivity contribution is 5.98. The van der Waals surface area contributed by atoms with Crippen LogP contribution in [-0.2, 0) is 0 Å². The van der Waals surface area contributed by atoms with Gasteiger partial charge in [-0.1, -0.05) is 50.1 Å². The first kappa shape index (κ1) is 12.3. The van der Waals surface area contributed by atoms with Crippen molar-refractivity contribution in [3.8, 4) is 0 Å². The summed E-state index contributed by atoms with van der Waals surface area (Å²) >= 11 is 0. The highest BCUT2D eigenvalue weighted by Gasteiger charge is 2.33. The highest BCUT2D eigenvalue weighted by Crippen LogP contribution is 2.31. The number of benzene rings is 1. The summed E-state index contributed by atoms with van der Waals surface area (Å²) in [5.74, 6) is 0.160. The molecule has 3 atom stereocenters. The highest BCUT2D eigenvalue weighted by atomic mass is 16.3. The third-order valence-electron chi connectivity index (χ3n) is 3.80. The van der Waals surface area contributed by atoms with Crippen molar-refractivity contribution in [2.45, 2.75) is 38.7 Å². The number of carbonyl (C=O) groups is 1. The lowest BCUT2D eigenvalue weighted by atomic mass is 9.82. The topological polar surface area (TPSA) is 37.3 Å². The average molecular weight is 232 g/mol. The van der Waals surface area contributed by atoms with Gasteiger partial charge in [0, 0.05) is 5.56 Å². The van der Waals surface area contributed by atoms with E-state index in [4.69, 9.17) is 0 Å². The van der Waals surface area contributed by atoms with Crippen molar-refractivity contribution in [2.75, 3.05) is 0 Å². The molecule has 92 valence electrons. The fourth-order valence-electron chi connectivity index (χ4n) is 2.79. The van der Waals surface area contributed by atoms with Crippen LogP contribution in [0.25, 0.3) is 0 Å². The van der Waals surface area contributed by atoms with Gasteiger partial charge in [0.15, 0.2) is 5.78 Å². The monoisotopic (exact) mass is 232 g/mol. The van der Waals surface area contributed by atoms with Crippen molar-refractivity contribution in [2.24, 2.45) is 11.8 Å². The minimum absolute atomic E-state index is 0.104. The van der Waals surface area contributed by atoms with E-state index in [0.29, 0.717) is 0 Å². The molecule has 1 aliphatic carbocycles. The summed E-state index contributed by atoms with van der Waals surface area (Å²) in [6.45, 7) is 2.08. The number of ketones is 1. The molecule has 1 N–H and O–H groups in total. The first-order valence-electron chi connectivity index (χ1n) is 6.47. The van der Waals surface area contributed by atoms with Crippen LogP contribution in [0.15, 0.2) is 30.3 Å². The third-order valence-corrected chi connectivity index (χ3v) is 3.80. The summed E-state index contributed by atoms with van der Waals surface area (Å²) in [4.78, 5) is 12.4. The standard InChI is InChI=1S/C15H20O2/c1-11-7-5-6-10-13(16)14(11)15(17)12-8-3-2-4-9-12/h2-4,8-9,11,13-14,16H,5-7,10H2,1H3. The first-order chi connectivity index (χ1) is 8.20. The number of hydrogen-bond acceptors (Lipinski definition) is 2. The van der Waals surface area contributed by atoms with Crippen molar-refractivity contribution in [1.82, 2.24) is 0 Å². The molecule has 1 aliphatic rings. The molecule has 0 heterocycles. The molecule has 0 radical (unpaired) electrons. The Kier molecular flexibility index (Phi) is 3.95. The summed E-state index contributed by atoms with van der Waals surface area (Å²) in [7, 11) is 0. The number of aliphatic hydroxyl groups excluding tert-OH is 1. The van der Waals surface area contributed by atoms with Crippen LogP contribution >= 0.6 is 0 Å². The van der Waals surface area contributed by atoms with Crippen molar-refractivity contribution in [3.63, 3.8) is 0 Å². The maximum absolute atomic E-state index is 12.4. The zero-order chi connectivity index (χ0) is 12.3. The van der Waals surface area contributed by atoms with Gasteiger partial charge in [-0.25, -0.2) is 0 Å². The van der Waals surface area contributed by atoms with Gasteiger partial charge in [-0.3, -0.25) is 4.79 Å². The number of hydrogen-bond donors (Lipinski definition) is 1. The number of rotatable bonds is 2. The molecule has 2 heteroatoms. The second kappa shape index (κ2) is 5.46. The van der Waals surface area contributed by atoms with E-state index >= 15 is 0 Å². The van der Waals surface area contributed by atoms with E-state index in [9.17, 15) is 9.90 Å². The molecule has 0 amide bonds. The molecule has 0 spiro atoms. The summed E-state index contributed by atoms with van der Waals surface area (Å²) in [6, 6.07) is 9.34. The van der Waals surface area contributed by atoms with Gasteiger partial charge in [-0.05, 0) is 18.8 Å². The lowest BCUT2D eigenvalue weighted by Crippen LogP contribution is -2.32. The zero-order valence-electron chi connectivity index (χ0n) is 10.3. The molecular formula is C15H20O2. The quantitative estimate of drug-likeness (QED) is 0.628. The fraction of sp³-hybridized carbons (Fsp3) is 0.533. The van der Waals surface area contributed by atoms with Crippen molar-refractivity contribution >= 4 is 5.78 Å². The lowest BCUT2D eigenvalue weighted by molar-refractivity contribution is 0.0552. The molecule has 0 aliphatic heterocycles. The zero-order valence-corrected chi connectivity index (χ0v) is 10.3. The summed E-state index contributed by atoms with van der Waals surface area (Å²) < 4.78 is 0. The lowest BCUT2D eigenvalue weighted by Gasteiger charge is -2.24. The summed E-state index contributed by atoms with van der Waals surface area (Å²) in [6.07, 6.45) is 3.48. The van der Waals surface area contributed by atoms with Gasteiger partial charge in [-0.15, -0.1) is 0 Å². The van der Waals surface area contributed by atoms with Crippen molar-refractivity contribution < 1.29 is 9.90 Å². The predicted molar refractivity (Wildman–Crippen MR) is 67.9 cm³/mol. The maximum atomic E-state index is 12.4. The Labute approximate surface area is 103 Å². The van der Waals surface area contributed by atoms with E-state index in [1.165, 1.54) is 0 Å². The molecular weight excluding hydrogens is 212 g/mol. The van der Waals surface area contributed by atoms with E-state index in [-0.39, 0.29) is 17.6 Å². The van der Waals surface area contributed by atoms with Crippen molar-refractivity contribution in [3.05, 3.63) is 35.9 Å². The van der Waals surface area contributed by atoms with Gasteiger partial charge in [0.2, 0.25) is 0 Å². The molecule has 2 nitrogen and oxygen atoms in total. The van der Waals surface area contributed by atoms with Crippen LogP contribution in [0.3, 0.4) is 0 Å². The van der Waals surface area contributed by atoms with E-state index in [1.54, 1.807) is 0 Å². The second-order valence-electron chi connectivity index (χ2n) is 5.09. The number of aliphatic hydroxyl groups is 1. The van der Waals surface area contributed by atoms with Crippen LogP contribution in [0.1, 0.15) is 43.0 Å². The predicted octanol–water partition coefficient (Wildman–Crippen LogP) is 3.06. The molecule has 1 aromatic rings. The van der Waals surface area contributed by atoms with E-state index < -0.39 is 6.10 Å². The van der Waals surface area contributed by atoms with Crippen molar-refractivity contribution in [1.29, 1.82) is 0 Å². The molecule has 0 bridgehead atoms. The molecule has 0 aromatic heterocycles. The van der Waals surface area contributed by atoms with E-state index in [2.05, 4.69) is 6.92 Å². The van der Waals surface area contributed by atoms with Crippen LogP contribution in [0.4, 0.5) is 0 Å². The van der Waals surface area contributed by atoms with Gasteiger partial charge in [-0.2, -0.15) is 0 Å². The molecule has 2 rings (SSSR count). The molecule has 1 fully saturated rings. The Morgan fingerprint density at radius 1 is 1.18 bits per heavy atom. The Balaban J connectivity index is 2.21. The Hall–Kier alpha value is -1.15. The summed E-state index contributed by atoms with van der Waals surface area (Å²) in [5.41, 5.74) is 0.727. The number of Topliss-reactive ketones (excluding diaryl/α,β-unsaturated/α-hetero) is 1. The smallest absolute Gasteiger partial charge is 0.168 e. The van der Waals surface area contributed by atoms with Crippen LogP contribution < -0.4 is 0 Å². The third kappa shape index (κ3) is 2.75. The molecule has 1 aromatic carbocycles. The largest absolute Gasteiger partial charge is 0.392 e. The van der Waals surface area contributed by atoms with E-state index in [0.717, 1.165) is 31.2 Å². The Morgan fingerprint density at radius 3 is 2.53 bits per heavy atom. The number of carbonyl (C=O) groups excluding carboxylic acids is 1. The normalized spacial score (nSPS) is 29.6. The maximum Gasteiger partial charge on any atom is 0.168 e.